The summed E-state index contributed by atoms with van der Waals surface area (Å²) in [6.07, 6.45) is 3.31. The van der Waals surface area contributed by atoms with E-state index in [1.54, 1.807) is 22.0 Å². The zero-order chi connectivity index (χ0) is 14.5. The second kappa shape index (κ2) is 6.67. The van der Waals surface area contributed by atoms with E-state index in [-0.39, 0.29) is 12.5 Å². The van der Waals surface area contributed by atoms with E-state index in [4.69, 9.17) is 5.11 Å². The van der Waals surface area contributed by atoms with Crippen LogP contribution in [0.4, 0.5) is 0 Å². The molecule has 106 valence electrons. The molecule has 0 aliphatic rings. The predicted octanol–water partition coefficient (Wildman–Crippen LogP) is 2.09. The summed E-state index contributed by atoms with van der Waals surface area (Å²) in [5.74, 6) is -0.169. The number of hydrogen-bond donors (Lipinski definition) is 1. The van der Waals surface area contributed by atoms with Crippen molar-refractivity contribution in [3.63, 3.8) is 0 Å². The number of hydrogen-bond acceptors (Lipinski definition) is 3. The average molecular weight is 338 g/mol. The van der Waals surface area contributed by atoms with Gasteiger partial charge in [-0.1, -0.05) is 15.9 Å². The molecular formula is C14H16BrN3O2. The first-order chi connectivity index (χ1) is 9.65. The Balaban J connectivity index is 2.20. The van der Waals surface area contributed by atoms with Crippen LogP contribution in [0.15, 0.2) is 41.3 Å². The van der Waals surface area contributed by atoms with Gasteiger partial charge in [-0.05, 0) is 31.2 Å². The first-order valence-corrected chi connectivity index (χ1v) is 7.15. The van der Waals surface area contributed by atoms with E-state index in [1.165, 1.54) is 0 Å². The summed E-state index contributed by atoms with van der Waals surface area (Å²) in [6.45, 7) is 2.69. The van der Waals surface area contributed by atoms with Gasteiger partial charge in [0.05, 0.1) is 6.61 Å². The maximum Gasteiger partial charge on any atom is 0.274 e. The lowest BCUT2D eigenvalue weighted by Gasteiger charge is -2.17. The molecule has 1 heterocycles. The average Bonchev–Trinajstić information content (AvgIpc) is 2.94. The molecule has 0 radical (unpaired) electrons. The number of benzene rings is 1. The smallest absolute Gasteiger partial charge is 0.274 e. The van der Waals surface area contributed by atoms with Gasteiger partial charge in [-0.2, -0.15) is 0 Å². The Morgan fingerprint density at radius 3 is 2.70 bits per heavy atom. The highest BCUT2D eigenvalue weighted by Crippen LogP contribution is 2.14. The summed E-state index contributed by atoms with van der Waals surface area (Å²) < 4.78 is 2.80. The molecule has 0 bridgehead atoms. The third-order valence-corrected chi connectivity index (χ3v) is 3.49. The Kier molecular flexibility index (Phi) is 4.92. The highest BCUT2D eigenvalue weighted by Gasteiger charge is 2.16. The number of halogens is 1. The topological polar surface area (TPSA) is 58.4 Å². The van der Waals surface area contributed by atoms with Gasteiger partial charge in [0.15, 0.2) is 0 Å². The number of rotatable bonds is 5. The first-order valence-electron chi connectivity index (χ1n) is 6.35. The van der Waals surface area contributed by atoms with Crippen LogP contribution < -0.4 is 0 Å². The number of aromatic nitrogens is 2. The lowest BCUT2D eigenvalue weighted by Crippen LogP contribution is -2.33. The van der Waals surface area contributed by atoms with Crippen LogP contribution in [0.25, 0.3) is 5.69 Å². The Morgan fingerprint density at radius 2 is 2.10 bits per heavy atom. The van der Waals surface area contributed by atoms with E-state index in [0.717, 1.165) is 10.2 Å². The van der Waals surface area contributed by atoms with Crippen molar-refractivity contribution in [3.05, 3.63) is 47.0 Å². The molecule has 1 amide bonds. The fourth-order valence-electron chi connectivity index (χ4n) is 1.87. The van der Waals surface area contributed by atoms with Crippen LogP contribution in [-0.2, 0) is 0 Å². The van der Waals surface area contributed by atoms with Crippen LogP contribution in [0.3, 0.4) is 0 Å². The van der Waals surface area contributed by atoms with Crippen molar-refractivity contribution < 1.29 is 9.90 Å². The van der Waals surface area contributed by atoms with E-state index in [1.807, 2.05) is 31.2 Å². The van der Waals surface area contributed by atoms with Crippen molar-refractivity contribution in [1.29, 1.82) is 0 Å². The number of nitrogens with zero attached hydrogens (tertiary/aromatic N) is 3. The molecule has 2 rings (SSSR count). The molecule has 20 heavy (non-hydrogen) atoms. The summed E-state index contributed by atoms with van der Waals surface area (Å²) >= 11 is 3.38. The molecule has 0 fully saturated rings. The Morgan fingerprint density at radius 1 is 1.40 bits per heavy atom. The van der Waals surface area contributed by atoms with Crippen LogP contribution in [0.1, 0.15) is 17.4 Å². The molecule has 0 atom stereocenters. The quantitative estimate of drug-likeness (QED) is 0.908. The number of amides is 1. The van der Waals surface area contributed by atoms with Crippen molar-refractivity contribution in [2.75, 3.05) is 19.7 Å². The maximum absolute atomic E-state index is 12.2. The molecule has 0 saturated carbocycles. The zero-order valence-electron chi connectivity index (χ0n) is 11.2. The molecule has 0 unspecified atom stereocenters. The fraction of sp³-hybridized carbons (Fsp3) is 0.286. The molecule has 1 aromatic heterocycles. The largest absolute Gasteiger partial charge is 0.395 e. The summed E-state index contributed by atoms with van der Waals surface area (Å²) in [5.41, 5.74) is 1.31. The van der Waals surface area contributed by atoms with Gasteiger partial charge >= 0.3 is 0 Å². The van der Waals surface area contributed by atoms with Crippen LogP contribution >= 0.6 is 15.9 Å². The van der Waals surface area contributed by atoms with Gasteiger partial charge in [-0.15, -0.1) is 0 Å². The van der Waals surface area contributed by atoms with Crippen molar-refractivity contribution in [2.45, 2.75) is 6.92 Å². The van der Waals surface area contributed by atoms with Gasteiger partial charge < -0.3 is 14.6 Å². The first kappa shape index (κ1) is 14.7. The van der Waals surface area contributed by atoms with Crippen molar-refractivity contribution >= 4 is 21.8 Å². The minimum absolute atomic E-state index is 0.0486. The highest BCUT2D eigenvalue weighted by atomic mass is 79.9. The van der Waals surface area contributed by atoms with Crippen LogP contribution in [0, 0.1) is 0 Å². The number of carbonyl (C=O) groups excluding carboxylic acids is 1. The molecule has 0 spiro atoms. The van der Waals surface area contributed by atoms with Crippen LogP contribution in [-0.4, -0.2) is 45.2 Å². The van der Waals surface area contributed by atoms with E-state index < -0.39 is 0 Å². The minimum atomic E-state index is -0.169. The SMILES string of the molecule is CCN(CCO)C(=O)c1cn(-c2ccc(Br)cc2)cn1. The fourth-order valence-corrected chi connectivity index (χ4v) is 2.14. The monoisotopic (exact) mass is 337 g/mol. The maximum atomic E-state index is 12.2. The molecule has 0 aliphatic carbocycles. The van der Waals surface area contributed by atoms with E-state index in [0.29, 0.717) is 18.8 Å². The molecule has 1 N–H and O–H groups in total. The van der Waals surface area contributed by atoms with Crippen LogP contribution in [0.5, 0.6) is 0 Å². The summed E-state index contributed by atoms with van der Waals surface area (Å²) in [7, 11) is 0. The van der Waals surface area contributed by atoms with Crippen molar-refractivity contribution in [1.82, 2.24) is 14.5 Å². The Hall–Kier alpha value is -1.66. The second-order valence-electron chi connectivity index (χ2n) is 4.25. The van der Waals surface area contributed by atoms with Crippen molar-refractivity contribution in [2.24, 2.45) is 0 Å². The molecule has 5 nitrogen and oxygen atoms in total. The predicted molar refractivity (Wildman–Crippen MR) is 79.9 cm³/mol. The highest BCUT2D eigenvalue weighted by molar-refractivity contribution is 9.10. The minimum Gasteiger partial charge on any atom is -0.395 e. The van der Waals surface area contributed by atoms with E-state index in [9.17, 15) is 4.79 Å². The lowest BCUT2D eigenvalue weighted by molar-refractivity contribution is 0.0726. The Bertz CT molecular complexity index is 580. The van der Waals surface area contributed by atoms with Crippen LogP contribution in [0.2, 0.25) is 0 Å². The number of aliphatic hydroxyl groups excluding tert-OH is 1. The zero-order valence-corrected chi connectivity index (χ0v) is 12.7. The molecule has 0 saturated heterocycles. The Labute approximate surface area is 126 Å². The summed E-state index contributed by atoms with van der Waals surface area (Å²) in [6, 6.07) is 7.73. The molecule has 1 aromatic carbocycles. The molecule has 0 aliphatic heterocycles. The lowest BCUT2D eigenvalue weighted by atomic mass is 10.3. The number of imidazole rings is 1. The van der Waals surface area contributed by atoms with Gasteiger partial charge in [-0.3, -0.25) is 4.79 Å². The van der Waals surface area contributed by atoms with Gasteiger partial charge in [-0.25, -0.2) is 4.98 Å². The normalized spacial score (nSPS) is 10.6. The van der Waals surface area contributed by atoms with Crippen molar-refractivity contribution in [3.8, 4) is 5.69 Å². The standard InChI is InChI=1S/C14H16BrN3O2/c1-2-17(7-8-19)14(20)13-9-18(10-16-13)12-5-3-11(15)4-6-12/h3-6,9-10,19H,2,7-8H2,1H3. The van der Waals surface area contributed by atoms with Gasteiger partial charge in [0.25, 0.3) is 5.91 Å². The number of aliphatic hydroxyl groups is 1. The van der Waals surface area contributed by atoms with E-state index >= 15 is 0 Å². The number of carbonyl (C=O) groups is 1. The molecule has 2 aromatic rings. The van der Waals surface area contributed by atoms with Gasteiger partial charge in [0, 0.05) is 29.4 Å². The third kappa shape index (κ3) is 3.26. The van der Waals surface area contributed by atoms with E-state index in [2.05, 4.69) is 20.9 Å². The number of likely N-dealkylation sites (N-methyl/N-ethyl adjacent to an activating group) is 1. The second-order valence-corrected chi connectivity index (χ2v) is 5.17. The van der Waals surface area contributed by atoms with Gasteiger partial charge in [0.2, 0.25) is 0 Å². The summed E-state index contributed by atoms with van der Waals surface area (Å²) in [5, 5.41) is 8.95. The third-order valence-electron chi connectivity index (χ3n) is 2.97. The summed E-state index contributed by atoms with van der Waals surface area (Å²) in [4.78, 5) is 17.9. The van der Waals surface area contributed by atoms with Gasteiger partial charge in [0.1, 0.15) is 12.0 Å². The molecular weight excluding hydrogens is 322 g/mol. The molecule has 6 heteroatoms.